The maximum atomic E-state index is 13.3. The van der Waals surface area contributed by atoms with Crippen LogP contribution >= 0.6 is 0 Å². The molecule has 1 aromatic rings. The summed E-state index contributed by atoms with van der Waals surface area (Å²) in [5.41, 5.74) is -1.55. The number of benzene rings is 1. The van der Waals surface area contributed by atoms with Crippen LogP contribution in [0.3, 0.4) is 0 Å². The fourth-order valence-electron chi connectivity index (χ4n) is 1.29. The van der Waals surface area contributed by atoms with Crippen molar-refractivity contribution in [2.75, 3.05) is 19.8 Å². The van der Waals surface area contributed by atoms with Crippen molar-refractivity contribution < 1.29 is 24.1 Å². The summed E-state index contributed by atoms with van der Waals surface area (Å²) in [6, 6.07) is 3.46. The number of aliphatic hydroxyl groups excluding tert-OH is 3. The van der Waals surface area contributed by atoms with E-state index < -0.39 is 37.0 Å². The normalized spacial score (nSPS) is 11.8. The molecule has 0 aliphatic carbocycles. The first-order valence-corrected chi connectivity index (χ1v) is 5.09. The maximum absolute atomic E-state index is 13.3. The Balaban J connectivity index is 2.79. The van der Waals surface area contributed by atoms with Gasteiger partial charge in [-0.1, -0.05) is 6.07 Å². The van der Waals surface area contributed by atoms with E-state index in [1.807, 2.05) is 0 Å². The molecule has 4 nitrogen and oxygen atoms in total. The van der Waals surface area contributed by atoms with Crippen LogP contribution in [0, 0.1) is 11.6 Å². The molecular formula is C11H15F2NO3. The van der Waals surface area contributed by atoms with Crippen molar-refractivity contribution in [2.45, 2.75) is 12.1 Å². The van der Waals surface area contributed by atoms with Crippen molar-refractivity contribution in [3.63, 3.8) is 0 Å². The maximum Gasteiger partial charge on any atom is 0.130 e. The number of hydrogen-bond acceptors (Lipinski definition) is 4. The molecular weight excluding hydrogens is 232 g/mol. The number of nitrogens with one attached hydrogen (secondary N) is 1. The standard InChI is InChI=1S/C11H15F2NO3/c12-9-2-1-3-10(13)8(9)4-14-11(5-15,6-16)7-17/h1-3,14-17H,4-7H2. The lowest BCUT2D eigenvalue weighted by Crippen LogP contribution is -2.54. The summed E-state index contributed by atoms with van der Waals surface area (Å²) in [6.45, 7) is -1.87. The Labute approximate surface area is 97.5 Å². The van der Waals surface area contributed by atoms with Crippen molar-refractivity contribution >= 4 is 0 Å². The van der Waals surface area contributed by atoms with Gasteiger partial charge in [0.1, 0.15) is 11.6 Å². The summed E-state index contributed by atoms with van der Waals surface area (Å²) in [6.07, 6.45) is 0. The molecule has 0 saturated carbocycles. The highest BCUT2D eigenvalue weighted by molar-refractivity contribution is 5.19. The smallest absolute Gasteiger partial charge is 0.130 e. The Morgan fingerprint density at radius 1 is 1.00 bits per heavy atom. The van der Waals surface area contributed by atoms with E-state index in [2.05, 4.69) is 5.32 Å². The van der Waals surface area contributed by atoms with Crippen LogP contribution in [0.25, 0.3) is 0 Å². The Morgan fingerprint density at radius 2 is 1.47 bits per heavy atom. The Hall–Kier alpha value is -1.08. The highest BCUT2D eigenvalue weighted by Crippen LogP contribution is 2.13. The zero-order chi connectivity index (χ0) is 12.9. The van der Waals surface area contributed by atoms with Crippen molar-refractivity contribution in [3.05, 3.63) is 35.4 Å². The van der Waals surface area contributed by atoms with Crippen LogP contribution in [0.1, 0.15) is 5.56 Å². The highest BCUT2D eigenvalue weighted by atomic mass is 19.1. The first kappa shape index (κ1) is 14.0. The molecule has 0 bridgehead atoms. The molecule has 0 amide bonds. The van der Waals surface area contributed by atoms with Crippen LogP contribution in [0.15, 0.2) is 18.2 Å². The SMILES string of the molecule is OCC(CO)(CO)NCc1c(F)cccc1F. The summed E-state index contributed by atoms with van der Waals surface area (Å²) in [4.78, 5) is 0. The molecule has 4 N–H and O–H groups in total. The van der Waals surface area contributed by atoms with Crippen molar-refractivity contribution in [1.82, 2.24) is 5.32 Å². The van der Waals surface area contributed by atoms with Gasteiger partial charge >= 0.3 is 0 Å². The summed E-state index contributed by atoms with van der Waals surface area (Å²) in [7, 11) is 0. The molecule has 0 heterocycles. The molecule has 1 rings (SSSR count). The lowest BCUT2D eigenvalue weighted by Gasteiger charge is -2.29. The Morgan fingerprint density at radius 3 is 1.88 bits per heavy atom. The van der Waals surface area contributed by atoms with Gasteiger partial charge in [0.15, 0.2) is 0 Å². The number of aliphatic hydroxyl groups is 3. The minimum absolute atomic E-state index is 0.202. The second-order valence-electron chi connectivity index (χ2n) is 3.81. The lowest BCUT2D eigenvalue weighted by molar-refractivity contribution is 0.0409. The highest BCUT2D eigenvalue weighted by Gasteiger charge is 2.27. The third kappa shape index (κ3) is 3.19. The van der Waals surface area contributed by atoms with Crippen LogP contribution in [0.5, 0.6) is 0 Å². The van der Waals surface area contributed by atoms with Crippen molar-refractivity contribution in [3.8, 4) is 0 Å². The molecule has 0 aliphatic rings. The van der Waals surface area contributed by atoms with Gasteiger partial charge in [-0.2, -0.15) is 0 Å². The van der Waals surface area contributed by atoms with Gasteiger partial charge in [-0.05, 0) is 12.1 Å². The predicted molar refractivity (Wildman–Crippen MR) is 57.2 cm³/mol. The average molecular weight is 247 g/mol. The zero-order valence-corrected chi connectivity index (χ0v) is 9.16. The van der Waals surface area contributed by atoms with Crippen LogP contribution in [-0.4, -0.2) is 40.7 Å². The van der Waals surface area contributed by atoms with Crippen LogP contribution in [-0.2, 0) is 6.54 Å². The van der Waals surface area contributed by atoms with E-state index in [1.54, 1.807) is 0 Å². The van der Waals surface area contributed by atoms with Gasteiger partial charge in [-0.15, -0.1) is 0 Å². The fourth-order valence-corrected chi connectivity index (χ4v) is 1.29. The van der Waals surface area contributed by atoms with E-state index in [4.69, 9.17) is 15.3 Å². The second-order valence-corrected chi connectivity index (χ2v) is 3.81. The molecule has 6 heteroatoms. The monoisotopic (exact) mass is 247 g/mol. The molecule has 1 aromatic carbocycles. The molecule has 0 radical (unpaired) electrons. The first-order valence-electron chi connectivity index (χ1n) is 5.09. The Kier molecular flexibility index (Phi) is 4.95. The largest absolute Gasteiger partial charge is 0.394 e. The molecule has 17 heavy (non-hydrogen) atoms. The quantitative estimate of drug-likeness (QED) is 0.560. The van der Waals surface area contributed by atoms with E-state index >= 15 is 0 Å². The number of rotatable bonds is 6. The predicted octanol–water partition coefficient (Wildman–Crippen LogP) is -0.230. The minimum atomic E-state index is -1.35. The molecule has 0 aliphatic heterocycles. The molecule has 0 fully saturated rings. The third-order valence-corrected chi connectivity index (χ3v) is 2.61. The summed E-state index contributed by atoms with van der Waals surface area (Å²) in [5.74, 6) is -1.44. The van der Waals surface area contributed by atoms with Gasteiger partial charge in [0.05, 0.1) is 25.4 Å². The van der Waals surface area contributed by atoms with Gasteiger partial charge in [-0.3, -0.25) is 0 Å². The molecule has 0 saturated heterocycles. The van der Waals surface area contributed by atoms with Crippen LogP contribution < -0.4 is 5.32 Å². The number of hydrogen-bond donors (Lipinski definition) is 4. The zero-order valence-electron chi connectivity index (χ0n) is 9.16. The van der Waals surface area contributed by atoms with Crippen LogP contribution in [0.4, 0.5) is 8.78 Å². The van der Waals surface area contributed by atoms with Gasteiger partial charge in [0, 0.05) is 12.1 Å². The topological polar surface area (TPSA) is 72.7 Å². The Bertz CT molecular complexity index is 341. The molecule has 0 spiro atoms. The van der Waals surface area contributed by atoms with Gasteiger partial charge < -0.3 is 20.6 Å². The van der Waals surface area contributed by atoms with E-state index in [0.717, 1.165) is 12.1 Å². The summed E-state index contributed by atoms with van der Waals surface area (Å²) in [5, 5.41) is 29.6. The number of halogens is 2. The van der Waals surface area contributed by atoms with Crippen molar-refractivity contribution in [1.29, 1.82) is 0 Å². The molecule has 0 aromatic heterocycles. The molecule has 0 atom stereocenters. The summed E-state index contributed by atoms with van der Waals surface area (Å²) < 4.78 is 26.5. The van der Waals surface area contributed by atoms with E-state index in [-0.39, 0.29) is 12.1 Å². The van der Waals surface area contributed by atoms with Gasteiger partial charge in [0.25, 0.3) is 0 Å². The second kappa shape index (κ2) is 6.02. The lowest BCUT2D eigenvalue weighted by atomic mass is 10.0. The van der Waals surface area contributed by atoms with Crippen molar-refractivity contribution in [2.24, 2.45) is 0 Å². The molecule has 0 unspecified atom stereocenters. The van der Waals surface area contributed by atoms with Gasteiger partial charge in [-0.25, -0.2) is 8.78 Å². The van der Waals surface area contributed by atoms with Crippen LogP contribution in [0.2, 0.25) is 0 Å². The third-order valence-electron chi connectivity index (χ3n) is 2.61. The van der Waals surface area contributed by atoms with E-state index in [1.165, 1.54) is 6.07 Å². The van der Waals surface area contributed by atoms with Gasteiger partial charge in [0.2, 0.25) is 0 Å². The molecule has 96 valence electrons. The minimum Gasteiger partial charge on any atom is -0.394 e. The fraction of sp³-hybridized carbons (Fsp3) is 0.455. The summed E-state index contributed by atoms with van der Waals surface area (Å²) >= 11 is 0. The first-order chi connectivity index (χ1) is 8.08. The van der Waals surface area contributed by atoms with E-state index in [0.29, 0.717) is 0 Å². The average Bonchev–Trinajstić information content (AvgIpc) is 2.34. The van der Waals surface area contributed by atoms with E-state index in [9.17, 15) is 8.78 Å².